The van der Waals surface area contributed by atoms with Crippen LogP contribution in [0.3, 0.4) is 0 Å². The maximum atomic E-state index is 16.9. The lowest BCUT2D eigenvalue weighted by Gasteiger charge is -2.48. The highest BCUT2D eigenvalue weighted by Crippen LogP contribution is 2.44. The standard InChI is InChI=1S/C36H40F2N4O3/c1-3-25-29(37)9-6-23-16-24(43)17-28(30(23)25)26-7-8-27-32(31(26)38)39-34(44-21-35-10-4-14-42(35)19-22(2)18-35)40-33(27)41-13-5-11-36(20-41)12-15-45-36/h6-9,16-17,22,43H,3-5,10-15,18-21H2,1-2H3/t22-,35+,36?/m1/s1. The zero-order valence-corrected chi connectivity index (χ0v) is 26.0. The van der Waals surface area contributed by atoms with E-state index < -0.39 is 5.82 Å². The molecule has 7 nitrogen and oxygen atoms in total. The van der Waals surface area contributed by atoms with E-state index in [1.54, 1.807) is 18.2 Å². The molecule has 0 saturated carbocycles. The van der Waals surface area contributed by atoms with Gasteiger partial charge in [-0.1, -0.05) is 26.0 Å². The number of aryl methyl sites for hydroxylation is 1. The summed E-state index contributed by atoms with van der Waals surface area (Å²) in [5, 5.41) is 12.5. The molecule has 5 heterocycles. The van der Waals surface area contributed by atoms with E-state index in [1.165, 1.54) is 12.1 Å². The molecule has 4 aliphatic rings. The number of phenols is 1. The van der Waals surface area contributed by atoms with Gasteiger partial charge in [0.2, 0.25) is 0 Å². The largest absolute Gasteiger partial charge is 0.508 e. The van der Waals surface area contributed by atoms with Crippen molar-refractivity contribution in [1.29, 1.82) is 0 Å². The molecule has 4 aromatic rings. The van der Waals surface area contributed by atoms with E-state index in [4.69, 9.17) is 19.4 Å². The summed E-state index contributed by atoms with van der Waals surface area (Å²) in [5.41, 5.74) is 1.12. The molecule has 0 aliphatic carbocycles. The van der Waals surface area contributed by atoms with Gasteiger partial charge in [0.05, 0.1) is 17.7 Å². The lowest BCUT2D eigenvalue weighted by molar-refractivity contribution is -0.151. The first-order chi connectivity index (χ1) is 21.8. The Kier molecular flexibility index (Phi) is 6.91. The Morgan fingerprint density at radius 3 is 2.69 bits per heavy atom. The predicted molar refractivity (Wildman–Crippen MR) is 171 cm³/mol. The van der Waals surface area contributed by atoms with Gasteiger partial charge in [0, 0.05) is 37.0 Å². The highest BCUT2D eigenvalue weighted by Gasteiger charge is 2.48. The molecule has 8 rings (SSSR count). The van der Waals surface area contributed by atoms with Crippen molar-refractivity contribution < 1.29 is 23.4 Å². The number of rotatable bonds is 6. The summed E-state index contributed by atoms with van der Waals surface area (Å²) in [7, 11) is 0. The minimum atomic E-state index is -0.541. The second kappa shape index (κ2) is 10.8. The van der Waals surface area contributed by atoms with Crippen molar-refractivity contribution in [3.63, 3.8) is 0 Å². The van der Waals surface area contributed by atoms with Crippen LogP contribution in [-0.2, 0) is 11.2 Å². The Morgan fingerprint density at radius 1 is 1.04 bits per heavy atom. The number of benzene rings is 3. The number of halogens is 2. The number of nitrogens with zero attached hydrogens (tertiary/aromatic N) is 4. The average Bonchev–Trinajstić information content (AvgIpc) is 3.55. The Labute approximate surface area is 262 Å². The third-order valence-corrected chi connectivity index (χ3v) is 10.8. The molecule has 4 fully saturated rings. The molecule has 4 saturated heterocycles. The van der Waals surface area contributed by atoms with Crippen LogP contribution in [0.2, 0.25) is 0 Å². The van der Waals surface area contributed by atoms with Crippen molar-refractivity contribution >= 4 is 27.5 Å². The van der Waals surface area contributed by atoms with Crippen molar-refractivity contribution in [2.45, 2.75) is 69.9 Å². The van der Waals surface area contributed by atoms with E-state index >= 15 is 4.39 Å². The molecule has 3 aromatic carbocycles. The fourth-order valence-electron chi connectivity index (χ4n) is 8.71. The van der Waals surface area contributed by atoms with E-state index in [0.29, 0.717) is 58.6 Å². The van der Waals surface area contributed by atoms with Gasteiger partial charge < -0.3 is 19.5 Å². The highest BCUT2D eigenvalue weighted by atomic mass is 19.1. The van der Waals surface area contributed by atoms with Crippen LogP contribution in [0, 0.1) is 17.6 Å². The SMILES string of the molecule is CCc1c(F)ccc2cc(O)cc(-c3ccc4c(N5CCCC6(CCO6)C5)nc(OC[C@@]56CCCN5C[C@H](C)C6)nc4c3F)c12. The Hall–Kier alpha value is -3.56. The Bertz CT molecular complexity index is 1810. The molecule has 1 N–H and O–H groups in total. The summed E-state index contributed by atoms with van der Waals surface area (Å²) in [4.78, 5) is 14.4. The molecule has 236 valence electrons. The molecule has 0 bridgehead atoms. The van der Waals surface area contributed by atoms with Gasteiger partial charge in [-0.2, -0.15) is 9.97 Å². The summed E-state index contributed by atoms with van der Waals surface area (Å²) in [5.74, 6) is 0.349. The summed E-state index contributed by atoms with van der Waals surface area (Å²) in [6.45, 7) is 9.01. The molecule has 4 aliphatic heterocycles. The van der Waals surface area contributed by atoms with Crippen molar-refractivity contribution in [1.82, 2.24) is 14.9 Å². The van der Waals surface area contributed by atoms with E-state index in [1.807, 2.05) is 13.0 Å². The van der Waals surface area contributed by atoms with E-state index in [0.717, 1.165) is 64.8 Å². The normalized spacial score (nSPS) is 26.6. The minimum absolute atomic E-state index is 0.0108. The maximum Gasteiger partial charge on any atom is 0.319 e. The van der Waals surface area contributed by atoms with E-state index in [2.05, 4.69) is 16.7 Å². The zero-order valence-electron chi connectivity index (χ0n) is 26.0. The smallest absolute Gasteiger partial charge is 0.319 e. The minimum Gasteiger partial charge on any atom is -0.508 e. The predicted octanol–water partition coefficient (Wildman–Crippen LogP) is 7.01. The highest BCUT2D eigenvalue weighted by molar-refractivity contribution is 6.03. The second-order valence-corrected chi connectivity index (χ2v) is 13.8. The number of phenolic OH excluding ortho intramolecular Hbond substituents is 1. The van der Waals surface area contributed by atoms with E-state index in [9.17, 15) is 9.50 Å². The van der Waals surface area contributed by atoms with Gasteiger partial charge in [-0.3, -0.25) is 4.90 Å². The zero-order chi connectivity index (χ0) is 30.9. The molecule has 3 atom stereocenters. The number of fused-ring (bicyclic) bond motifs is 3. The number of hydrogen-bond acceptors (Lipinski definition) is 7. The quantitative estimate of drug-likeness (QED) is 0.251. The summed E-state index contributed by atoms with van der Waals surface area (Å²) in [6.07, 6.45) is 6.68. The number of ether oxygens (including phenoxy) is 2. The molecular weight excluding hydrogens is 574 g/mol. The topological polar surface area (TPSA) is 71.0 Å². The maximum absolute atomic E-state index is 16.9. The van der Waals surface area contributed by atoms with Crippen molar-refractivity contribution in [3.8, 4) is 22.9 Å². The van der Waals surface area contributed by atoms with Crippen LogP contribution < -0.4 is 9.64 Å². The number of anilines is 1. The average molecular weight is 615 g/mol. The second-order valence-electron chi connectivity index (χ2n) is 13.8. The fourth-order valence-corrected chi connectivity index (χ4v) is 8.71. The van der Waals surface area contributed by atoms with Gasteiger partial charge in [-0.15, -0.1) is 0 Å². The summed E-state index contributed by atoms with van der Waals surface area (Å²) < 4.78 is 44.4. The third kappa shape index (κ3) is 4.73. The monoisotopic (exact) mass is 614 g/mol. The molecule has 45 heavy (non-hydrogen) atoms. The van der Waals surface area contributed by atoms with Gasteiger partial charge >= 0.3 is 6.01 Å². The van der Waals surface area contributed by atoms with Gasteiger partial charge in [-0.05, 0) is 97.2 Å². The van der Waals surface area contributed by atoms with Crippen molar-refractivity contribution in [2.24, 2.45) is 5.92 Å². The van der Waals surface area contributed by atoms with Crippen LogP contribution in [0.4, 0.5) is 14.6 Å². The van der Waals surface area contributed by atoms with E-state index in [-0.39, 0.29) is 39.8 Å². The van der Waals surface area contributed by atoms with Crippen LogP contribution in [0.5, 0.6) is 11.8 Å². The van der Waals surface area contributed by atoms with Crippen LogP contribution in [-0.4, -0.2) is 70.5 Å². The van der Waals surface area contributed by atoms with Crippen molar-refractivity contribution in [2.75, 3.05) is 44.3 Å². The molecule has 1 spiro atoms. The first-order valence-corrected chi connectivity index (χ1v) is 16.5. The van der Waals surface area contributed by atoms with Gasteiger partial charge in [0.15, 0.2) is 5.82 Å². The lowest BCUT2D eigenvalue weighted by atomic mass is 9.85. The number of piperidine rings is 1. The van der Waals surface area contributed by atoms with Crippen LogP contribution >= 0.6 is 0 Å². The molecule has 0 amide bonds. The van der Waals surface area contributed by atoms with Gasteiger partial charge in [0.25, 0.3) is 0 Å². The Morgan fingerprint density at radius 2 is 1.89 bits per heavy atom. The number of aromatic hydroxyl groups is 1. The molecule has 1 unspecified atom stereocenters. The Balaban J connectivity index is 1.27. The van der Waals surface area contributed by atoms with Crippen LogP contribution in [0.1, 0.15) is 57.9 Å². The molecule has 1 aromatic heterocycles. The number of aromatic nitrogens is 2. The van der Waals surface area contributed by atoms with Gasteiger partial charge in [-0.25, -0.2) is 8.78 Å². The summed E-state index contributed by atoms with van der Waals surface area (Å²) >= 11 is 0. The molecule has 0 radical (unpaired) electrons. The fraction of sp³-hybridized carbons (Fsp3) is 0.500. The van der Waals surface area contributed by atoms with Gasteiger partial charge in [0.1, 0.15) is 29.5 Å². The molecule has 9 heteroatoms. The summed E-state index contributed by atoms with van der Waals surface area (Å²) in [6, 6.07) is 9.87. The van der Waals surface area contributed by atoms with Crippen molar-refractivity contribution in [3.05, 3.63) is 53.6 Å². The number of hydrogen-bond donors (Lipinski definition) is 1. The first kappa shape index (κ1) is 28.9. The molecular formula is C36H40F2N4O3. The first-order valence-electron chi connectivity index (χ1n) is 16.5. The van der Waals surface area contributed by atoms with Crippen LogP contribution in [0.25, 0.3) is 32.8 Å². The lowest BCUT2D eigenvalue weighted by Crippen LogP contribution is -2.56. The van der Waals surface area contributed by atoms with Crippen LogP contribution in [0.15, 0.2) is 36.4 Å². The third-order valence-electron chi connectivity index (χ3n) is 10.8.